The molecule has 1 aromatic heterocycles. The van der Waals surface area contributed by atoms with Gasteiger partial charge in [0.1, 0.15) is 17.3 Å². The van der Waals surface area contributed by atoms with Crippen molar-refractivity contribution < 1.29 is 19.1 Å². The number of benzene rings is 1. The van der Waals surface area contributed by atoms with Crippen molar-refractivity contribution in [3.8, 4) is 11.5 Å². The van der Waals surface area contributed by atoms with Gasteiger partial charge in [-0.25, -0.2) is 4.98 Å². The zero-order chi connectivity index (χ0) is 21.2. The van der Waals surface area contributed by atoms with Gasteiger partial charge in [-0.15, -0.1) is 0 Å². The van der Waals surface area contributed by atoms with Crippen LogP contribution in [-0.4, -0.2) is 55.0 Å². The molecule has 29 heavy (non-hydrogen) atoms. The maximum Gasteiger partial charge on any atom is 0.239 e. The largest absolute Gasteiger partial charge is 0.494 e. The molecule has 2 aromatic rings. The molecule has 0 saturated carbocycles. The van der Waals surface area contributed by atoms with Crippen molar-refractivity contribution >= 4 is 23.3 Å². The first-order valence-corrected chi connectivity index (χ1v) is 9.51. The fourth-order valence-electron chi connectivity index (χ4n) is 2.60. The molecule has 0 bridgehead atoms. The van der Waals surface area contributed by atoms with E-state index in [4.69, 9.17) is 9.47 Å². The van der Waals surface area contributed by atoms with E-state index in [0.29, 0.717) is 36.2 Å². The zero-order valence-corrected chi connectivity index (χ0v) is 17.3. The van der Waals surface area contributed by atoms with E-state index in [0.717, 1.165) is 5.56 Å². The second-order valence-corrected chi connectivity index (χ2v) is 6.51. The standard InChI is InChI=1S/C21H28N4O4/c1-5-28-16-8-9-18(29-6-2)17(11-16)23-20(26)13-25(4)14-21(27)24-19-10-7-15(3)12-22-19/h7-12H,5-6,13-14H2,1-4H3,(H,23,26)(H,22,24,27). The fourth-order valence-corrected chi connectivity index (χ4v) is 2.60. The Hall–Kier alpha value is -3.13. The van der Waals surface area contributed by atoms with Gasteiger partial charge < -0.3 is 20.1 Å². The number of anilines is 2. The van der Waals surface area contributed by atoms with Crippen molar-refractivity contribution in [2.75, 3.05) is 44.0 Å². The molecule has 1 aromatic carbocycles. The van der Waals surface area contributed by atoms with Gasteiger partial charge in [-0.1, -0.05) is 6.07 Å². The maximum atomic E-state index is 12.4. The van der Waals surface area contributed by atoms with Crippen LogP contribution in [0.3, 0.4) is 0 Å². The first-order valence-electron chi connectivity index (χ1n) is 9.51. The molecule has 0 radical (unpaired) electrons. The van der Waals surface area contributed by atoms with Gasteiger partial charge in [0, 0.05) is 12.3 Å². The molecular formula is C21H28N4O4. The summed E-state index contributed by atoms with van der Waals surface area (Å²) in [6.07, 6.45) is 1.68. The molecule has 156 valence electrons. The lowest BCUT2D eigenvalue weighted by Gasteiger charge is -2.17. The smallest absolute Gasteiger partial charge is 0.239 e. The van der Waals surface area contributed by atoms with Gasteiger partial charge in [0.05, 0.1) is 32.0 Å². The number of carbonyl (C=O) groups is 2. The maximum absolute atomic E-state index is 12.4. The SMILES string of the molecule is CCOc1ccc(OCC)c(NC(=O)CN(C)CC(=O)Nc2ccc(C)cn2)c1. The summed E-state index contributed by atoms with van der Waals surface area (Å²) in [6, 6.07) is 8.88. The van der Waals surface area contributed by atoms with Crippen LogP contribution in [0.4, 0.5) is 11.5 Å². The van der Waals surface area contributed by atoms with E-state index >= 15 is 0 Å². The van der Waals surface area contributed by atoms with Gasteiger partial charge in [0.25, 0.3) is 0 Å². The van der Waals surface area contributed by atoms with Crippen molar-refractivity contribution in [1.82, 2.24) is 9.88 Å². The Morgan fingerprint density at radius 1 is 1.00 bits per heavy atom. The van der Waals surface area contributed by atoms with Crippen LogP contribution in [-0.2, 0) is 9.59 Å². The molecule has 2 N–H and O–H groups in total. The van der Waals surface area contributed by atoms with Gasteiger partial charge in [0.15, 0.2) is 0 Å². The average molecular weight is 400 g/mol. The van der Waals surface area contributed by atoms with E-state index in [2.05, 4.69) is 15.6 Å². The summed E-state index contributed by atoms with van der Waals surface area (Å²) in [4.78, 5) is 30.3. The minimum absolute atomic E-state index is 0.0408. The number of pyridine rings is 1. The quantitative estimate of drug-likeness (QED) is 0.637. The summed E-state index contributed by atoms with van der Waals surface area (Å²) in [6.45, 7) is 6.78. The summed E-state index contributed by atoms with van der Waals surface area (Å²) in [7, 11) is 1.70. The van der Waals surface area contributed by atoms with Crippen molar-refractivity contribution in [1.29, 1.82) is 0 Å². The molecule has 0 fully saturated rings. The molecule has 0 spiro atoms. The topological polar surface area (TPSA) is 92.8 Å². The average Bonchev–Trinajstić information content (AvgIpc) is 2.65. The molecular weight excluding hydrogens is 372 g/mol. The summed E-state index contributed by atoms with van der Waals surface area (Å²) in [5, 5.41) is 5.53. The molecule has 1 heterocycles. The lowest BCUT2D eigenvalue weighted by molar-refractivity contribution is -0.119. The molecule has 2 amide bonds. The van der Waals surface area contributed by atoms with Crippen molar-refractivity contribution in [3.63, 3.8) is 0 Å². The van der Waals surface area contributed by atoms with Crippen LogP contribution in [0.25, 0.3) is 0 Å². The van der Waals surface area contributed by atoms with Crippen LogP contribution in [0.5, 0.6) is 11.5 Å². The minimum atomic E-state index is -0.261. The van der Waals surface area contributed by atoms with Crippen LogP contribution in [0.2, 0.25) is 0 Å². The van der Waals surface area contributed by atoms with Crippen LogP contribution >= 0.6 is 0 Å². The summed E-state index contributed by atoms with van der Waals surface area (Å²) >= 11 is 0. The number of amides is 2. The molecule has 0 aliphatic carbocycles. The Labute approximate surface area is 171 Å². The van der Waals surface area contributed by atoms with E-state index < -0.39 is 0 Å². The van der Waals surface area contributed by atoms with Crippen LogP contribution < -0.4 is 20.1 Å². The Kier molecular flexibility index (Phi) is 8.42. The molecule has 0 unspecified atom stereocenters. The van der Waals surface area contributed by atoms with Gasteiger partial charge >= 0.3 is 0 Å². The normalized spacial score (nSPS) is 10.5. The van der Waals surface area contributed by atoms with Gasteiger partial charge in [-0.3, -0.25) is 14.5 Å². The van der Waals surface area contributed by atoms with Crippen molar-refractivity contribution in [3.05, 3.63) is 42.1 Å². The first kappa shape index (κ1) is 22.2. The van der Waals surface area contributed by atoms with E-state index in [1.807, 2.05) is 26.8 Å². The lowest BCUT2D eigenvalue weighted by atomic mass is 10.2. The zero-order valence-electron chi connectivity index (χ0n) is 17.3. The number of aromatic nitrogens is 1. The summed E-state index contributed by atoms with van der Waals surface area (Å²) < 4.78 is 11.0. The number of aryl methyl sites for hydroxylation is 1. The lowest BCUT2D eigenvalue weighted by Crippen LogP contribution is -2.36. The summed E-state index contributed by atoms with van der Waals surface area (Å²) in [5.41, 5.74) is 1.54. The second kappa shape index (κ2) is 11.0. The number of nitrogens with one attached hydrogen (secondary N) is 2. The first-order chi connectivity index (χ1) is 13.9. The van der Waals surface area contributed by atoms with E-state index in [1.165, 1.54) is 0 Å². The molecule has 0 aliphatic heterocycles. The fraction of sp³-hybridized carbons (Fsp3) is 0.381. The summed E-state index contributed by atoms with van der Waals surface area (Å²) in [5.74, 6) is 1.18. The number of ether oxygens (including phenoxy) is 2. The number of nitrogens with zero attached hydrogens (tertiary/aromatic N) is 2. The Morgan fingerprint density at radius 3 is 2.31 bits per heavy atom. The van der Waals surface area contributed by atoms with Gasteiger partial charge in [-0.05, 0) is 51.6 Å². The Balaban J connectivity index is 1.91. The van der Waals surface area contributed by atoms with Crippen LogP contribution in [0.15, 0.2) is 36.5 Å². The second-order valence-electron chi connectivity index (χ2n) is 6.51. The number of hydrogen-bond acceptors (Lipinski definition) is 6. The highest BCUT2D eigenvalue weighted by molar-refractivity contribution is 5.95. The van der Waals surface area contributed by atoms with Crippen molar-refractivity contribution in [2.45, 2.75) is 20.8 Å². The predicted octanol–water partition coefficient (Wildman–Crippen LogP) is 2.70. The van der Waals surface area contributed by atoms with Gasteiger partial charge in [0.2, 0.25) is 11.8 Å². The van der Waals surface area contributed by atoms with Crippen molar-refractivity contribution in [2.24, 2.45) is 0 Å². The van der Waals surface area contributed by atoms with E-state index in [9.17, 15) is 9.59 Å². The highest BCUT2D eigenvalue weighted by Gasteiger charge is 2.14. The highest BCUT2D eigenvalue weighted by atomic mass is 16.5. The molecule has 2 rings (SSSR count). The third-order valence-electron chi connectivity index (χ3n) is 3.84. The molecule has 8 nitrogen and oxygen atoms in total. The predicted molar refractivity (Wildman–Crippen MR) is 113 cm³/mol. The monoisotopic (exact) mass is 400 g/mol. The van der Waals surface area contributed by atoms with E-state index in [-0.39, 0.29) is 24.9 Å². The van der Waals surface area contributed by atoms with E-state index in [1.54, 1.807) is 42.4 Å². The molecule has 0 atom stereocenters. The molecule has 8 heteroatoms. The van der Waals surface area contributed by atoms with Crippen LogP contribution in [0, 0.1) is 6.92 Å². The third-order valence-corrected chi connectivity index (χ3v) is 3.84. The Bertz CT molecular complexity index is 824. The third kappa shape index (κ3) is 7.42. The minimum Gasteiger partial charge on any atom is -0.494 e. The number of carbonyl (C=O) groups excluding carboxylic acids is 2. The molecule has 0 aliphatic rings. The van der Waals surface area contributed by atoms with Gasteiger partial charge in [-0.2, -0.15) is 0 Å². The number of rotatable bonds is 10. The number of hydrogen-bond donors (Lipinski definition) is 2. The highest BCUT2D eigenvalue weighted by Crippen LogP contribution is 2.29. The molecule has 0 saturated heterocycles. The number of likely N-dealkylation sites (N-methyl/N-ethyl adjacent to an activating group) is 1. The Morgan fingerprint density at radius 2 is 1.69 bits per heavy atom. The van der Waals surface area contributed by atoms with Crippen LogP contribution in [0.1, 0.15) is 19.4 Å².